The van der Waals surface area contributed by atoms with Crippen molar-refractivity contribution in [3.05, 3.63) is 47.4 Å². The number of aliphatic imine (C=N–C) groups is 1. The van der Waals surface area contributed by atoms with Gasteiger partial charge in [-0.15, -0.1) is 0 Å². The summed E-state index contributed by atoms with van der Waals surface area (Å²) < 4.78 is 0. The zero-order valence-corrected chi connectivity index (χ0v) is 18.3. The molecule has 2 aliphatic carbocycles. The smallest absolute Gasteiger partial charge is 0.163 e. The van der Waals surface area contributed by atoms with Gasteiger partial charge in [-0.1, -0.05) is 51.3 Å². The number of nitrogens with one attached hydrogen (secondary N) is 2. The van der Waals surface area contributed by atoms with Crippen molar-refractivity contribution in [3.8, 4) is 0 Å². The maximum Gasteiger partial charge on any atom is 0.163 e. The van der Waals surface area contributed by atoms with E-state index in [0.29, 0.717) is 5.92 Å². The lowest BCUT2D eigenvalue weighted by Crippen LogP contribution is -2.11. The highest BCUT2D eigenvalue weighted by Gasteiger charge is 2.26. The number of anilines is 1. The molecule has 3 aliphatic rings. The van der Waals surface area contributed by atoms with Crippen molar-refractivity contribution >= 4 is 17.2 Å². The minimum Gasteiger partial charge on any atom is -0.304 e. The topological polar surface area (TPSA) is 62.2 Å². The summed E-state index contributed by atoms with van der Waals surface area (Å²) in [4.78, 5) is 13.3. The molecular weight excluding hydrogens is 358 g/mol. The van der Waals surface area contributed by atoms with Gasteiger partial charge >= 0.3 is 0 Å². The Morgan fingerprint density at radius 3 is 2.48 bits per heavy atom. The lowest BCUT2D eigenvalue weighted by molar-refractivity contribution is 0.346. The van der Waals surface area contributed by atoms with Crippen LogP contribution in [0, 0.1) is 12.8 Å². The number of hydrazine groups is 1. The summed E-state index contributed by atoms with van der Waals surface area (Å²) in [7, 11) is 0. The van der Waals surface area contributed by atoms with Gasteiger partial charge in [0.1, 0.15) is 0 Å². The van der Waals surface area contributed by atoms with E-state index >= 15 is 0 Å². The van der Waals surface area contributed by atoms with Crippen LogP contribution in [0.4, 0.5) is 11.5 Å². The van der Waals surface area contributed by atoms with E-state index < -0.39 is 0 Å². The Hall–Kier alpha value is -2.27. The minimum absolute atomic E-state index is 0.685. The van der Waals surface area contributed by atoms with E-state index in [1.54, 1.807) is 0 Å². The molecule has 1 aliphatic heterocycles. The third-order valence-corrected chi connectivity index (χ3v) is 5.66. The standard InChI is InChI=1S/C11H15N.C8H10N4.C5H10/c1-4-10(3)12-11-8-6-5-7-9(11)2;1-2-5(1)6-3-9-7-4-10-12-8(7)11-6;1-5-3-2-4-5/h5-8H,4H2,1-3H3;3,5,10H,1-2,4H2,(H,11,12);5H,2-4H2,1H3. The molecule has 2 aromatic rings. The van der Waals surface area contributed by atoms with Crippen molar-refractivity contribution in [1.29, 1.82) is 0 Å². The van der Waals surface area contributed by atoms with Crippen LogP contribution in [0.25, 0.3) is 0 Å². The Balaban J connectivity index is 0.000000135. The van der Waals surface area contributed by atoms with Gasteiger partial charge in [0.05, 0.1) is 23.6 Å². The Morgan fingerprint density at radius 1 is 1.17 bits per heavy atom. The first-order valence-electron chi connectivity index (χ1n) is 11.0. The van der Waals surface area contributed by atoms with Crippen LogP contribution in [0.3, 0.4) is 0 Å². The van der Waals surface area contributed by atoms with E-state index in [0.717, 1.165) is 41.8 Å². The van der Waals surface area contributed by atoms with Crippen LogP contribution in [-0.2, 0) is 6.54 Å². The number of nitrogens with zero attached hydrogens (tertiary/aromatic N) is 3. The maximum absolute atomic E-state index is 4.49. The van der Waals surface area contributed by atoms with Gasteiger partial charge in [-0.25, -0.2) is 10.4 Å². The van der Waals surface area contributed by atoms with E-state index in [9.17, 15) is 0 Å². The van der Waals surface area contributed by atoms with E-state index in [-0.39, 0.29) is 0 Å². The largest absolute Gasteiger partial charge is 0.304 e. The second kappa shape index (κ2) is 10.5. The highest BCUT2D eigenvalue weighted by Crippen LogP contribution is 2.39. The molecule has 0 saturated heterocycles. The Morgan fingerprint density at radius 2 is 1.90 bits per heavy atom. The maximum atomic E-state index is 4.49. The fourth-order valence-electron chi connectivity index (χ4n) is 3.03. The number of hydrogen-bond acceptors (Lipinski definition) is 5. The number of rotatable bonds is 3. The first kappa shape index (κ1) is 21.4. The highest BCUT2D eigenvalue weighted by atomic mass is 15.4. The molecule has 2 saturated carbocycles. The predicted molar refractivity (Wildman–Crippen MR) is 122 cm³/mol. The van der Waals surface area contributed by atoms with E-state index in [1.807, 2.05) is 18.3 Å². The van der Waals surface area contributed by atoms with Crippen LogP contribution in [0.1, 0.15) is 82.2 Å². The average Bonchev–Trinajstić information content (AvgIpc) is 3.46. The quantitative estimate of drug-likeness (QED) is 0.620. The molecule has 0 radical (unpaired) electrons. The van der Waals surface area contributed by atoms with Crippen molar-refractivity contribution in [2.75, 3.05) is 5.43 Å². The summed E-state index contributed by atoms with van der Waals surface area (Å²) >= 11 is 0. The number of para-hydroxylation sites is 1. The molecule has 5 nitrogen and oxygen atoms in total. The summed E-state index contributed by atoms with van der Waals surface area (Å²) in [5.74, 6) is 2.67. The van der Waals surface area contributed by atoms with Gasteiger partial charge in [0.15, 0.2) is 5.82 Å². The van der Waals surface area contributed by atoms with Crippen LogP contribution >= 0.6 is 0 Å². The molecule has 0 spiro atoms. The normalized spacial score (nSPS) is 17.7. The van der Waals surface area contributed by atoms with Crippen LogP contribution < -0.4 is 10.9 Å². The van der Waals surface area contributed by atoms with Gasteiger partial charge in [0.2, 0.25) is 0 Å². The van der Waals surface area contributed by atoms with Gasteiger partial charge in [0.25, 0.3) is 0 Å². The van der Waals surface area contributed by atoms with Gasteiger partial charge in [-0.2, -0.15) is 0 Å². The molecule has 1 aromatic heterocycles. The highest BCUT2D eigenvalue weighted by molar-refractivity contribution is 5.84. The van der Waals surface area contributed by atoms with Crippen molar-refractivity contribution < 1.29 is 0 Å². The van der Waals surface area contributed by atoms with E-state index in [2.05, 4.69) is 65.6 Å². The molecule has 0 atom stereocenters. The molecule has 5 heteroatoms. The number of benzene rings is 1. The molecule has 29 heavy (non-hydrogen) atoms. The summed E-state index contributed by atoms with van der Waals surface area (Å²) in [6.07, 6.45) is 9.95. The molecular formula is C24H35N5. The Bertz CT molecular complexity index is 822. The first-order chi connectivity index (χ1) is 14.1. The number of aromatic nitrogens is 2. The van der Waals surface area contributed by atoms with Gasteiger partial charge in [0, 0.05) is 17.8 Å². The van der Waals surface area contributed by atoms with E-state index in [4.69, 9.17) is 0 Å². The molecule has 0 amide bonds. The minimum atomic E-state index is 0.685. The molecule has 1 aromatic carbocycles. The predicted octanol–water partition coefficient (Wildman–Crippen LogP) is 6.09. The fraction of sp³-hybridized carbons (Fsp3) is 0.542. The number of hydrogen-bond donors (Lipinski definition) is 2. The second-order valence-corrected chi connectivity index (χ2v) is 8.37. The summed E-state index contributed by atoms with van der Waals surface area (Å²) in [6, 6.07) is 8.20. The molecule has 5 rings (SSSR count). The van der Waals surface area contributed by atoms with Crippen LogP contribution in [0.15, 0.2) is 35.5 Å². The van der Waals surface area contributed by atoms with Gasteiger partial charge in [-0.05, 0) is 50.7 Å². The van der Waals surface area contributed by atoms with Crippen molar-refractivity contribution in [2.45, 2.75) is 78.7 Å². The molecule has 0 bridgehead atoms. The Kier molecular flexibility index (Phi) is 7.76. The molecule has 156 valence electrons. The SMILES string of the molecule is CC1CCC1.CCC(C)=Nc1ccccc1C.c1nc2c(nc1C1CC1)NNC2. The van der Waals surface area contributed by atoms with Crippen LogP contribution in [-0.4, -0.2) is 15.7 Å². The lowest BCUT2D eigenvalue weighted by Gasteiger charge is -2.18. The number of aryl methyl sites for hydroxylation is 1. The second-order valence-electron chi connectivity index (χ2n) is 8.37. The third-order valence-electron chi connectivity index (χ3n) is 5.66. The number of fused-ring (bicyclic) bond motifs is 1. The van der Waals surface area contributed by atoms with Crippen molar-refractivity contribution in [2.24, 2.45) is 10.9 Å². The summed E-state index contributed by atoms with van der Waals surface area (Å²) in [5, 5.41) is 0. The molecule has 2 heterocycles. The third kappa shape index (κ3) is 6.64. The van der Waals surface area contributed by atoms with Gasteiger partial charge in [-0.3, -0.25) is 9.98 Å². The molecule has 0 unspecified atom stereocenters. The van der Waals surface area contributed by atoms with Crippen molar-refractivity contribution in [1.82, 2.24) is 15.4 Å². The van der Waals surface area contributed by atoms with Crippen LogP contribution in [0.2, 0.25) is 0 Å². The van der Waals surface area contributed by atoms with Crippen LogP contribution in [0.5, 0.6) is 0 Å². The summed E-state index contributed by atoms with van der Waals surface area (Å²) in [6.45, 7) is 9.36. The monoisotopic (exact) mass is 393 g/mol. The average molecular weight is 394 g/mol. The lowest BCUT2D eigenvalue weighted by atomic mass is 9.88. The zero-order valence-electron chi connectivity index (χ0n) is 18.3. The van der Waals surface area contributed by atoms with Crippen molar-refractivity contribution in [3.63, 3.8) is 0 Å². The molecule has 2 N–H and O–H groups in total. The summed E-state index contributed by atoms with van der Waals surface area (Å²) in [5.41, 5.74) is 11.7. The first-order valence-corrected chi connectivity index (χ1v) is 11.0. The fourth-order valence-corrected chi connectivity index (χ4v) is 3.03. The molecule has 2 fully saturated rings. The Labute approximate surface area is 175 Å². The van der Waals surface area contributed by atoms with Gasteiger partial charge < -0.3 is 5.43 Å². The zero-order chi connectivity index (χ0) is 20.6. The van der Waals surface area contributed by atoms with E-state index in [1.165, 1.54) is 43.4 Å².